The van der Waals surface area contributed by atoms with Crippen LogP contribution in [0.15, 0.2) is 12.4 Å². The van der Waals surface area contributed by atoms with Crippen molar-refractivity contribution in [1.82, 2.24) is 9.97 Å². The van der Waals surface area contributed by atoms with Gasteiger partial charge in [-0.25, -0.2) is 9.97 Å². The molecule has 1 saturated heterocycles. The highest BCUT2D eigenvalue weighted by atomic mass is 16.3. The van der Waals surface area contributed by atoms with E-state index in [9.17, 15) is 5.11 Å². The van der Waals surface area contributed by atoms with Crippen molar-refractivity contribution in [3.63, 3.8) is 0 Å². The fourth-order valence-electron chi connectivity index (χ4n) is 2.59. The number of anilines is 1. The van der Waals surface area contributed by atoms with E-state index in [2.05, 4.69) is 34.8 Å². The molecule has 18 heavy (non-hydrogen) atoms. The maximum atomic E-state index is 10.5. The van der Waals surface area contributed by atoms with Crippen LogP contribution in [0.5, 0.6) is 0 Å². The molecule has 2 fully saturated rings. The topological polar surface area (TPSA) is 49.2 Å². The zero-order valence-corrected chi connectivity index (χ0v) is 11.3. The summed E-state index contributed by atoms with van der Waals surface area (Å²) in [5.41, 5.74) is 0.374. The summed E-state index contributed by atoms with van der Waals surface area (Å²) >= 11 is 0. The van der Waals surface area contributed by atoms with Gasteiger partial charge in [-0.1, -0.05) is 13.8 Å². The average molecular weight is 247 g/mol. The molecule has 98 valence electrons. The molecular formula is C14H21N3O. The lowest BCUT2D eigenvalue weighted by molar-refractivity contribution is -0.00891. The second kappa shape index (κ2) is 3.67. The Balaban J connectivity index is 1.86. The lowest BCUT2D eigenvalue weighted by Crippen LogP contribution is -2.40. The van der Waals surface area contributed by atoms with Crippen LogP contribution < -0.4 is 4.90 Å². The molecular weight excluding hydrogens is 226 g/mol. The highest BCUT2D eigenvalue weighted by Gasteiger charge is 2.48. The fraction of sp³-hybridized carbons (Fsp3) is 0.714. The first-order valence-corrected chi connectivity index (χ1v) is 6.68. The van der Waals surface area contributed by atoms with Crippen molar-refractivity contribution in [1.29, 1.82) is 0 Å². The van der Waals surface area contributed by atoms with Gasteiger partial charge in [-0.05, 0) is 19.8 Å². The predicted molar refractivity (Wildman–Crippen MR) is 70.6 cm³/mol. The number of aliphatic hydroxyl groups is 1. The number of hydrogen-bond donors (Lipinski definition) is 1. The first kappa shape index (κ1) is 11.9. The minimum atomic E-state index is -0.669. The summed E-state index contributed by atoms with van der Waals surface area (Å²) in [5, 5.41) is 10.5. The number of hydrogen-bond acceptors (Lipinski definition) is 4. The number of β-amino-alcohol motifs (C(OH)–C–C–N with tert-alkyl or cyclic N) is 1. The van der Waals surface area contributed by atoms with Gasteiger partial charge in [-0.3, -0.25) is 0 Å². The minimum absolute atomic E-state index is 0.113. The normalized spacial score (nSPS) is 30.8. The van der Waals surface area contributed by atoms with E-state index in [0.717, 1.165) is 18.1 Å². The van der Waals surface area contributed by atoms with Crippen LogP contribution in [-0.2, 0) is 0 Å². The van der Waals surface area contributed by atoms with Gasteiger partial charge >= 0.3 is 0 Å². The Morgan fingerprint density at radius 3 is 2.50 bits per heavy atom. The largest absolute Gasteiger partial charge is 0.388 e. The number of rotatable bonds is 2. The Hall–Kier alpha value is -1.16. The van der Waals surface area contributed by atoms with Crippen LogP contribution in [0.2, 0.25) is 0 Å². The molecule has 0 amide bonds. The van der Waals surface area contributed by atoms with Gasteiger partial charge in [0.25, 0.3) is 0 Å². The number of aromatic nitrogens is 2. The number of nitrogens with zero attached hydrogens (tertiary/aromatic N) is 3. The van der Waals surface area contributed by atoms with Crippen molar-refractivity contribution < 1.29 is 5.11 Å². The third kappa shape index (κ3) is 1.88. The van der Waals surface area contributed by atoms with E-state index >= 15 is 0 Å². The highest BCUT2D eigenvalue weighted by Crippen LogP contribution is 2.42. The Kier molecular flexibility index (Phi) is 2.43. The van der Waals surface area contributed by atoms with E-state index < -0.39 is 5.60 Å². The molecule has 0 bridgehead atoms. The molecule has 1 N–H and O–H groups in total. The van der Waals surface area contributed by atoms with E-state index in [1.165, 1.54) is 12.8 Å². The average Bonchev–Trinajstić information content (AvgIpc) is 3.08. The van der Waals surface area contributed by atoms with Gasteiger partial charge < -0.3 is 10.0 Å². The molecule has 4 heteroatoms. The van der Waals surface area contributed by atoms with E-state index in [4.69, 9.17) is 0 Å². The summed E-state index contributed by atoms with van der Waals surface area (Å²) in [5.74, 6) is 1.60. The van der Waals surface area contributed by atoms with Crippen molar-refractivity contribution in [3.05, 3.63) is 18.1 Å². The molecule has 0 aromatic carbocycles. The van der Waals surface area contributed by atoms with Crippen LogP contribution in [-0.4, -0.2) is 33.8 Å². The van der Waals surface area contributed by atoms with Gasteiger partial charge in [0.2, 0.25) is 0 Å². The summed E-state index contributed by atoms with van der Waals surface area (Å²) in [6.07, 6.45) is 4.16. The van der Waals surface area contributed by atoms with Crippen LogP contribution in [0.4, 0.5) is 5.82 Å². The maximum Gasteiger partial charge on any atom is 0.132 e. The smallest absolute Gasteiger partial charge is 0.132 e. The SMILES string of the molecule is CC1(C)CN(c2cc(C3CC3)ncn2)C[C@]1(C)O. The Bertz CT molecular complexity index is 450. The van der Waals surface area contributed by atoms with Gasteiger partial charge in [0, 0.05) is 36.2 Å². The molecule has 1 saturated carbocycles. The summed E-state index contributed by atoms with van der Waals surface area (Å²) in [6.45, 7) is 7.60. The quantitative estimate of drug-likeness (QED) is 0.868. The molecule has 2 heterocycles. The molecule has 1 aliphatic heterocycles. The first-order valence-electron chi connectivity index (χ1n) is 6.68. The zero-order chi connectivity index (χ0) is 13.0. The van der Waals surface area contributed by atoms with Crippen LogP contribution in [0.3, 0.4) is 0 Å². The summed E-state index contributed by atoms with van der Waals surface area (Å²) in [6, 6.07) is 2.09. The van der Waals surface area contributed by atoms with Gasteiger partial charge in [-0.15, -0.1) is 0 Å². The van der Waals surface area contributed by atoms with Crippen LogP contribution >= 0.6 is 0 Å². The monoisotopic (exact) mass is 247 g/mol. The molecule has 1 atom stereocenters. The molecule has 4 nitrogen and oxygen atoms in total. The van der Waals surface area contributed by atoms with Crippen molar-refractivity contribution in [2.75, 3.05) is 18.0 Å². The molecule has 0 spiro atoms. The third-order valence-electron chi connectivity index (χ3n) is 4.54. The van der Waals surface area contributed by atoms with Crippen LogP contribution in [0, 0.1) is 5.41 Å². The molecule has 3 rings (SSSR count). The molecule has 0 unspecified atom stereocenters. The highest BCUT2D eigenvalue weighted by molar-refractivity contribution is 5.43. The Labute approximate surface area is 108 Å². The van der Waals surface area contributed by atoms with Crippen molar-refractivity contribution in [3.8, 4) is 0 Å². The molecule has 2 aliphatic rings. The van der Waals surface area contributed by atoms with Gasteiger partial charge in [0.15, 0.2) is 0 Å². The summed E-state index contributed by atoms with van der Waals surface area (Å²) in [7, 11) is 0. The second-order valence-corrected chi connectivity index (χ2v) is 6.59. The molecule has 0 radical (unpaired) electrons. The van der Waals surface area contributed by atoms with Gasteiger partial charge in [0.05, 0.1) is 5.60 Å². The van der Waals surface area contributed by atoms with E-state index in [0.29, 0.717) is 12.5 Å². The lowest BCUT2D eigenvalue weighted by Gasteiger charge is -2.30. The molecule has 1 aromatic rings. The van der Waals surface area contributed by atoms with E-state index in [1.54, 1.807) is 6.33 Å². The van der Waals surface area contributed by atoms with E-state index in [1.807, 2.05) is 6.92 Å². The van der Waals surface area contributed by atoms with Crippen molar-refractivity contribution in [2.24, 2.45) is 5.41 Å². The van der Waals surface area contributed by atoms with Crippen molar-refractivity contribution in [2.45, 2.75) is 45.1 Å². The van der Waals surface area contributed by atoms with Gasteiger partial charge in [-0.2, -0.15) is 0 Å². The first-order chi connectivity index (χ1) is 8.39. The fourth-order valence-corrected chi connectivity index (χ4v) is 2.59. The Morgan fingerprint density at radius 2 is 1.94 bits per heavy atom. The predicted octanol–water partition coefficient (Wildman–Crippen LogP) is 1.95. The van der Waals surface area contributed by atoms with Crippen molar-refractivity contribution >= 4 is 5.82 Å². The molecule has 1 aromatic heterocycles. The zero-order valence-electron chi connectivity index (χ0n) is 11.3. The molecule has 1 aliphatic carbocycles. The minimum Gasteiger partial charge on any atom is -0.388 e. The Morgan fingerprint density at radius 1 is 1.22 bits per heavy atom. The van der Waals surface area contributed by atoms with Gasteiger partial charge in [0.1, 0.15) is 12.1 Å². The third-order valence-corrected chi connectivity index (χ3v) is 4.54. The lowest BCUT2D eigenvalue weighted by atomic mass is 9.79. The van der Waals surface area contributed by atoms with Crippen LogP contribution in [0.25, 0.3) is 0 Å². The standard InChI is InChI=1S/C14H21N3O/c1-13(2)7-17(8-14(13,3)18)12-6-11(10-4-5-10)15-9-16-12/h6,9-10,18H,4-5,7-8H2,1-3H3/t14-/m0/s1. The maximum absolute atomic E-state index is 10.5. The summed E-state index contributed by atoms with van der Waals surface area (Å²) in [4.78, 5) is 10.9. The van der Waals surface area contributed by atoms with E-state index in [-0.39, 0.29) is 5.41 Å². The van der Waals surface area contributed by atoms with Crippen LogP contribution in [0.1, 0.15) is 45.2 Å². The summed E-state index contributed by atoms with van der Waals surface area (Å²) < 4.78 is 0. The second-order valence-electron chi connectivity index (χ2n) is 6.59.